The average Bonchev–Trinajstić information content (AvgIpc) is 3.09. The first-order valence-corrected chi connectivity index (χ1v) is 9.34. The minimum Gasteiger partial charge on any atom is -0.461 e. The first-order chi connectivity index (χ1) is 13.0. The number of nitrogens with zero attached hydrogens (tertiary/aromatic N) is 4. The Morgan fingerprint density at radius 3 is 2.56 bits per heavy atom. The molecule has 0 spiro atoms. The van der Waals surface area contributed by atoms with Crippen LogP contribution in [0, 0.1) is 6.92 Å². The Balaban J connectivity index is 2.09. The Hall–Kier alpha value is -2.71. The Bertz CT molecular complexity index is 910. The van der Waals surface area contributed by atoms with E-state index in [1.807, 2.05) is 6.92 Å². The number of amides is 1. The number of likely N-dealkylation sites (tertiary alicyclic amines) is 1. The number of rotatable bonds is 5. The van der Waals surface area contributed by atoms with Crippen molar-refractivity contribution in [1.82, 2.24) is 19.6 Å². The van der Waals surface area contributed by atoms with Crippen LogP contribution in [0.4, 0.5) is 0 Å². The normalized spacial score (nSPS) is 15.7. The largest absolute Gasteiger partial charge is 0.461 e. The highest BCUT2D eigenvalue weighted by Crippen LogP contribution is 2.21. The van der Waals surface area contributed by atoms with Gasteiger partial charge in [0.15, 0.2) is 0 Å². The SMILES string of the molecule is CCOC(=O)c1noc2nc(C)n(C(CC)C(=O)N3CCCCC3)c(=O)c12. The number of fused-ring (bicyclic) bond motifs is 1. The lowest BCUT2D eigenvalue weighted by atomic mass is 10.1. The second-order valence-corrected chi connectivity index (χ2v) is 6.58. The lowest BCUT2D eigenvalue weighted by molar-refractivity contribution is -0.136. The molecule has 0 N–H and O–H groups in total. The summed E-state index contributed by atoms with van der Waals surface area (Å²) in [4.78, 5) is 44.4. The highest BCUT2D eigenvalue weighted by molar-refractivity contribution is 5.99. The molecule has 0 aromatic carbocycles. The summed E-state index contributed by atoms with van der Waals surface area (Å²) in [7, 11) is 0. The molecule has 1 aliphatic rings. The first-order valence-electron chi connectivity index (χ1n) is 9.34. The maximum absolute atomic E-state index is 13.2. The molecule has 2 aromatic heterocycles. The zero-order valence-corrected chi connectivity index (χ0v) is 15.9. The molecular weight excluding hydrogens is 352 g/mol. The van der Waals surface area contributed by atoms with E-state index in [2.05, 4.69) is 10.1 Å². The van der Waals surface area contributed by atoms with Gasteiger partial charge in [0.1, 0.15) is 17.3 Å². The number of esters is 1. The molecule has 146 valence electrons. The molecule has 1 aliphatic heterocycles. The molecule has 9 nitrogen and oxygen atoms in total. The van der Waals surface area contributed by atoms with E-state index < -0.39 is 17.6 Å². The van der Waals surface area contributed by atoms with Crippen LogP contribution in [0.5, 0.6) is 0 Å². The summed E-state index contributed by atoms with van der Waals surface area (Å²) in [5.74, 6) is -0.505. The fourth-order valence-electron chi connectivity index (χ4n) is 3.52. The van der Waals surface area contributed by atoms with E-state index in [-0.39, 0.29) is 29.3 Å². The molecular formula is C18H24N4O5. The molecule has 1 saturated heterocycles. The maximum atomic E-state index is 13.2. The molecule has 1 fully saturated rings. The monoisotopic (exact) mass is 376 g/mol. The van der Waals surface area contributed by atoms with Crippen molar-refractivity contribution < 1.29 is 18.8 Å². The third-order valence-corrected chi connectivity index (χ3v) is 4.84. The standard InChI is InChI=1S/C18H24N4O5/c1-4-12(16(23)21-9-7-6-8-10-21)22-11(3)19-15-13(17(22)24)14(20-27-15)18(25)26-5-2/h12H,4-10H2,1-3H3. The minimum atomic E-state index is -0.749. The molecule has 27 heavy (non-hydrogen) atoms. The van der Waals surface area contributed by atoms with Crippen molar-refractivity contribution >= 4 is 23.0 Å². The van der Waals surface area contributed by atoms with Crippen LogP contribution in [0.15, 0.2) is 9.32 Å². The third kappa shape index (κ3) is 3.45. The molecule has 0 aliphatic carbocycles. The predicted molar refractivity (Wildman–Crippen MR) is 96.5 cm³/mol. The van der Waals surface area contributed by atoms with Crippen molar-refractivity contribution in [3.63, 3.8) is 0 Å². The van der Waals surface area contributed by atoms with Crippen molar-refractivity contribution in [2.75, 3.05) is 19.7 Å². The van der Waals surface area contributed by atoms with E-state index in [1.165, 1.54) is 4.57 Å². The van der Waals surface area contributed by atoms with Crippen LogP contribution < -0.4 is 5.56 Å². The zero-order valence-electron chi connectivity index (χ0n) is 15.9. The van der Waals surface area contributed by atoms with E-state index in [0.29, 0.717) is 25.3 Å². The number of ether oxygens (including phenoxy) is 1. The van der Waals surface area contributed by atoms with Gasteiger partial charge in [0.05, 0.1) is 6.61 Å². The molecule has 1 atom stereocenters. The third-order valence-electron chi connectivity index (χ3n) is 4.84. The van der Waals surface area contributed by atoms with Crippen LogP contribution in [-0.2, 0) is 9.53 Å². The molecule has 1 unspecified atom stereocenters. The summed E-state index contributed by atoms with van der Waals surface area (Å²) in [6.07, 6.45) is 3.47. The fourth-order valence-corrected chi connectivity index (χ4v) is 3.52. The van der Waals surface area contributed by atoms with Crippen LogP contribution >= 0.6 is 0 Å². The molecule has 0 radical (unpaired) electrons. The maximum Gasteiger partial charge on any atom is 0.361 e. The van der Waals surface area contributed by atoms with Gasteiger partial charge >= 0.3 is 5.97 Å². The van der Waals surface area contributed by atoms with E-state index in [4.69, 9.17) is 9.26 Å². The Morgan fingerprint density at radius 1 is 1.22 bits per heavy atom. The lowest BCUT2D eigenvalue weighted by Crippen LogP contribution is -2.43. The number of aryl methyl sites for hydroxylation is 1. The van der Waals surface area contributed by atoms with Gasteiger partial charge in [-0.25, -0.2) is 4.79 Å². The van der Waals surface area contributed by atoms with Crippen molar-refractivity contribution in [3.05, 3.63) is 21.9 Å². The Labute approximate surface area is 156 Å². The van der Waals surface area contributed by atoms with Gasteiger partial charge in [0.25, 0.3) is 11.3 Å². The van der Waals surface area contributed by atoms with E-state index in [9.17, 15) is 14.4 Å². The molecule has 0 bridgehead atoms. The van der Waals surface area contributed by atoms with Gasteiger partial charge in [-0.3, -0.25) is 14.2 Å². The van der Waals surface area contributed by atoms with Crippen LogP contribution in [0.25, 0.3) is 11.1 Å². The smallest absolute Gasteiger partial charge is 0.361 e. The van der Waals surface area contributed by atoms with E-state index in [0.717, 1.165) is 19.3 Å². The van der Waals surface area contributed by atoms with Crippen molar-refractivity contribution in [3.8, 4) is 0 Å². The van der Waals surface area contributed by atoms with Gasteiger partial charge in [0.2, 0.25) is 11.6 Å². The highest BCUT2D eigenvalue weighted by atomic mass is 16.5. The summed E-state index contributed by atoms with van der Waals surface area (Å²) in [5.41, 5.74) is -0.755. The quantitative estimate of drug-likeness (QED) is 0.733. The van der Waals surface area contributed by atoms with Crippen molar-refractivity contribution in [2.45, 2.75) is 52.5 Å². The Kier molecular flexibility index (Phi) is 5.57. The fraction of sp³-hybridized carbons (Fsp3) is 0.611. The summed E-state index contributed by atoms with van der Waals surface area (Å²) in [6.45, 7) is 6.68. The number of hydrogen-bond donors (Lipinski definition) is 0. The Morgan fingerprint density at radius 2 is 1.93 bits per heavy atom. The highest BCUT2D eigenvalue weighted by Gasteiger charge is 2.31. The van der Waals surface area contributed by atoms with Gasteiger partial charge in [-0.1, -0.05) is 12.1 Å². The number of carbonyl (C=O) groups excluding carboxylic acids is 2. The minimum absolute atomic E-state index is 0.0305. The second-order valence-electron chi connectivity index (χ2n) is 6.58. The summed E-state index contributed by atoms with van der Waals surface area (Å²) in [5, 5.41) is 3.60. The zero-order chi connectivity index (χ0) is 19.6. The van der Waals surface area contributed by atoms with Crippen LogP contribution in [0.3, 0.4) is 0 Å². The molecule has 1 amide bonds. The van der Waals surface area contributed by atoms with Crippen LogP contribution in [0.1, 0.15) is 61.9 Å². The van der Waals surface area contributed by atoms with E-state index in [1.54, 1.807) is 18.7 Å². The van der Waals surface area contributed by atoms with Gasteiger partial charge in [-0.2, -0.15) is 4.98 Å². The van der Waals surface area contributed by atoms with Crippen LogP contribution in [-0.4, -0.2) is 51.2 Å². The van der Waals surface area contributed by atoms with Crippen molar-refractivity contribution in [1.29, 1.82) is 0 Å². The first kappa shape index (κ1) is 19.1. The second kappa shape index (κ2) is 7.89. The topological polar surface area (TPSA) is 108 Å². The molecule has 9 heteroatoms. The molecule has 0 saturated carbocycles. The number of hydrogen-bond acceptors (Lipinski definition) is 7. The summed E-state index contributed by atoms with van der Waals surface area (Å²) in [6, 6.07) is -0.683. The molecule has 2 aromatic rings. The number of aromatic nitrogens is 3. The molecule has 3 rings (SSSR count). The average molecular weight is 376 g/mol. The number of piperidine rings is 1. The number of carbonyl (C=O) groups is 2. The molecule has 3 heterocycles. The van der Waals surface area contributed by atoms with Gasteiger partial charge in [-0.05, 0) is 39.5 Å². The lowest BCUT2D eigenvalue weighted by Gasteiger charge is -2.31. The van der Waals surface area contributed by atoms with Gasteiger partial charge < -0.3 is 14.2 Å². The van der Waals surface area contributed by atoms with Crippen LogP contribution in [0.2, 0.25) is 0 Å². The van der Waals surface area contributed by atoms with Gasteiger partial charge in [-0.15, -0.1) is 0 Å². The summed E-state index contributed by atoms with van der Waals surface area (Å²) < 4.78 is 11.3. The summed E-state index contributed by atoms with van der Waals surface area (Å²) >= 11 is 0. The van der Waals surface area contributed by atoms with E-state index >= 15 is 0 Å². The van der Waals surface area contributed by atoms with Crippen molar-refractivity contribution in [2.24, 2.45) is 0 Å². The van der Waals surface area contributed by atoms with Gasteiger partial charge in [0, 0.05) is 13.1 Å². The predicted octanol–water partition coefficient (Wildman–Crippen LogP) is 1.83.